The molecule has 0 aliphatic heterocycles. The van der Waals surface area contributed by atoms with Gasteiger partial charge in [0, 0.05) is 6.54 Å². The molecule has 0 unspecified atom stereocenters. The molecule has 3 heteroatoms. The van der Waals surface area contributed by atoms with Gasteiger partial charge < -0.3 is 4.57 Å². The molecule has 0 saturated heterocycles. The van der Waals surface area contributed by atoms with Crippen LogP contribution in [0.3, 0.4) is 0 Å². The van der Waals surface area contributed by atoms with Crippen molar-refractivity contribution in [1.29, 1.82) is 0 Å². The molecule has 0 radical (unpaired) electrons. The van der Waals surface area contributed by atoms with Crippen LogP contribution in [0.25, 0.3) is 23.2 Å². The highest BCUT2D eigenvalue weighted by Crippen LogP contribution is 2.20. The summed E-state index contributed by atoms with van der Waals surface area (Å²) >= 11 is 0. The first kappa shape index (κ1) is 15.3. The van der Waals surface area contributed by atoms with E-state index in [0.717, 1.165) is 28.0 Å². The molecule has 0 N–H and O–H groups in total. The van der Waals surface area contributed by atoms with Crippen LogP contribution in [0, 0.1) is 5.82 Å². The number of nitrogens with zero attached hydrogens (tertiary/aromatic N) is 2. The maximum absolute atomic E-state index is 13.2. The smallest absolute Gasteiger partial charge is 0.134 e. The summed E-state index contributed by atoms with van der Waals surface area (Å²) in [7, 11) is 0. The van der Waals surface area contributed by atoms with E-state index in [1.165, 1.54) is 12.1 Å². The van der Waals surface area contributed by atoms with Gasteiger partial charge in [0.2, 0.25) is 0 Å². The fraction of sp³-hybridized carbons (Fsp3) is 0.0455. The van der Waals surface area contributed by atoms with E-state index in [9.17, 15) is 4.39 Å². The van der Waals surface area contributed by atoms with Gasteiger partial charge in [-0.25, -0.2) is 9.37 Å². The van der Waals surface area contributed by atoms with Crippen LogP contribution in [0.4, 0.5) is 4.39 Å². The lowest BCUT2D eigenvalue weighted by molar-refractivity contribution is 0.626. The van der Waals surface area contributed by atoms with Crippen LogP contribution in [-0.4, -0.2) is 9.55 Å². The van der Waals surface area contributed by atoms with Crippen molar-refractivity contribution in [2.45, 2.75) is 6.54 Å². The average Bonchev–Trinajstić information content (AvgIpc) is 3.00. The second-order valence-electron chi connectivity index (χ2n) is 5.92. The Bertz CT molecular complexity index is 1020. The molecule has 25 heavy (non-hydrogen) atoms. The molecule has 4 rings (SSSR count). The van der Waals surface area contributed by atoms with Gasteiger partial charge in [-0.05, 0) is 41.5 Å². The topological polar surface area (TPSA) is 17.8 Å². The minimum Gasteiger partial charge on any atom is -0.320 e. The van der Waals surface area contributed by atoms with Crippen molar-refractivity contribution in [3.63, 3.8) is 0 Å². The molecular weight excluding hydrogens is 311 g/mol. The number of imidazole rings is 1. The third kappa shape index (κ3) is 3.36. The molecule has 1 heterocycles. The number of rotatable bonds is 4. The molecule has 2 nitrogen and oxygen atoms in total. The normalized spacial score (nSPS) is 11.4. The third-order valence-corrected chi connectivity index (χ3v) is 4.16. The van der Waals surface area contributed by atoms with Gasteiger partial charge in [-0.1, -0.05) is 60.7 Å². The highest BCUT2D eigenvalue weighted by Gasteiger charge is 2.08. The third-order valence-electron chi connectivity index (χ3n) is 4.16. The first-order valence-electron chi connectivity index (χ1n) is 8.22. The molecule has 0 aliphatic rings. The van der Waals surface area contributed by atoms with E-state index < -0.39 is 0 Å². The standard InChI is InChI=1S/C22H17FN2/c23-19-13-10-18(11-14-19)16-25-21-9-5-4-8-20(21)24-22(25)15-12-17-6-2-1-3-7-17/h1-15H,16H2/b15-12+. The molecule has 0 spiro atoms. The van der Waals surface area contributed by atoms with E-state index in [1.54, 1.807) is 0 Å². The lowest BCUT2D eigenvalue weighted by atomic mass is 10.2. The zero-order valence-corrected chi connectivity index (χ0v) is 13.6. The van der Waals surface area contributed by atoms with Gasteiger partial charge >= 0.3 is 0 Å². The summed E-state index contributed by atoms with van der Waals surface area (Å²) in [4.78, 5) is 4.74. The van der Waals surface area contributed by atoms with Gasteiger partial charge in [0.05, 0.1) is 11.0 Å². The summed E-state index contributed by atoms with van der Waals surface area (Å²) in [5.74, 6) is 0.665. The lowest BCUT2D eigenvalue weighted by Crippen LogP contribution is -2.02. The number of benzene rings is 3. The van der Waals surface area contributed by atoms with Crippen LogP contribution < -0.4 is 0 Å². The fourth-order valence-electron chi connectivity index (χ4n) is 2.89. The van der Waals surface area contributed by atoms with Crippen molar-refractivity contribution >= 4 is 23.2 Å². The molecule has 4 aromatic rings. The second kappa shape index (κ2) is 6.73. The number of fused-ring (bicyclic) bond motifs is 1. The highest BCUT2D eigenvalue weighted by molar-refractivity contribution is 5.80. The van der Waals surface area contributed by atoms with Crippen LogP contribution in [-0.2, 0) is 6.54 Å². The predicted molar refractivity (Wildman–Crippen MR) is 101 cm³/mol. The summed E-state index contributed by atoms with van der Waals surface area (Å²) in [6.07, 6.45) is 4.08. The van der Waals surface area contributed by atoms with Crippen molar-refractivity contribution in [1.82, 2.24) is 9.55 Å². The SMILES string of the molecule is Fc1ccc(Cn2c(/C=C/c3ccccc3)nc3ccccc32)cc1. The van der Waals surface area contributed by atoms with Gasteiger partial charge in [0.25, 0.3) is 0 Å². The fourth-order valence-corrected chi connectivity index (χ4v) is 2.89. The Morgan fingerprint density at radius 1 is 0.800 bits per heavy atom. The molecule has 0 saturated carbocycles. The monoisotopic (exact) mass is 328 g/mol. The van der Waals surface area contributed by atoms with Crippen LogP contribution >= 0.6 is 0 Å². The summed E-state index contributed by atoms with van der Waals surface area (Å²) in [5, 5.41) is 0. The van der Waals surface area contributed by atoms with E-state index in [0.29, 0.717) is 6.54 Å². The maximum Gasteiger partial charge on any atom is 0.134 e. The largest absolute Gasteiger partial charge is 0.320 e. The van der Waals surface area contributed by atoms with E-state index in [2.05, 4.69) is 28.8 Å². The number of halogens is 1. The number of hydrogen-bond acceptors (Lipinski definition) is 1. The molecule has 0 fully saturated rings. The van der Waals surface area contributed by atoms with E-state index in [-0.39, 0.29) is 5.82 Å². The molecular formula is C22H17FN2. The maximum atomic E-state index is 13.2. The van der Waals surface area contributed by atoms with E-state index >= 15 is 0 Å². The van der Waals surface area contributed by atoms with Gasteiger partial charge in [0.15, 0.2) is 0 Å². The van der Waals surface area contributed by atoms with Crippen LogP contribution in [0.2, 0.25) is 0 Å². The van der Waals surface area contributed by atoms with Gasteiger partial charge in [-0.2, -0.15) is 0 Å². The molecule has 0 aliphatic carbocycles. The van der Waals surface area contributed by atoms with Crippen molar-refractivity contribution in [2.75, 3.05) is 0 Å². The minimum atomic E-state index is -0.219. The van der Waals surface area contributed by atoms with Crippen molar-refractivity contribution in [3.05, 3.63) is 102 Å². The zero-order valence-electron chi connectivity index (χ0n) is 13.6. The number of hydrogen-bond donors (Lipinski definition) is 0. The summed E-state index contributed by atoms with van der Waals surface area (Å²) < 4.78 is 15.3. The lowest BCUT2D eigenvalue weighted by Gasteiger charge is -2.07. The predicted octanol–water partition coefficient (Wildman–Crippen LogP) is 5.39. The molecule has 0 atom stereocenters. The van der Waals surface area contributed by atoms with Gasteiger partial charge in [0.1, 0.15) is 11.6 Å². The van der Waals surface area contributed by atoms with E-state index in [1.807, 2.05) is 54.6 Å². The summed E-state index contributed by atoms with van der Waals surface area (Å²) in [5.41, 5.74) is 4.19. The van der Waals surface area contributed by atoms with Crippen molar-refractivity contribution in [3.8, 4) is 0 Å². The quantitative estimate of drug-likeness (QED) is 0.491. The molecule has 3 aromatic carbocycles. The number of para-hydroxylation sites is 2. The van der Waals surface area contributed by atoms with E-state index in [4.69, 9.17) is 4.98 Å². The molecule has 122 valence electrons. The van der Waals surface area contributed by atoms with Gasteiger partial charge in [-0.3, -0.25) is 0 Å². The Morgan fingerprint density at radius 2 is 1.52 bits per heavy atom. The Balaban J connectivity index is 1.75. The highest BCUT2D eigenvalue weighted by atomic mass is 19.1. The Labute approximate surface area is 145 Å². The molecule has 0 amide bonds. The first-order chi connectivity index (χ1) is 12.3. The second-order valence-corrected chi connectivity index (χ2v) is 5.92. The van der Waals surface area contributed by atoms with Crippen molar-refractivity contribution in [2.24, 2.45) is 0 Å². The molecule has 0 bridgehead atoms. The van der Waals surface area contributed by atoms with Crippen molar-refractivity contribution < 1.29 is 4.39 Å². The average molecular weight is 328 g/mol. The first-order valence-corrected chi connectivity index (χ1v) is 8.22. The molecule has 1 aromatic heterocycles. The Kier molecular flexibility index (Phi) is 4.13. The Morgan fingerprint density at radius 3 is 2.32 bits per heavy atom. The van der Waals surface area contributed by atoms with Gasteiger partial charge in [-0.15, -0.1) is 0 Å². The number of aromatic nitrogens is 2. The van der Waals surface area contributed by atoms with Crippen LogP contribution in [0.15, 0.2) is 78.9 Å². The zero-order chi connectivity index (χ0) is 17.1. The Hall–Kier alpha value is -3.20. The minimum absolute atomic E-state index is 0.219. The summed E-state index contributed by atoms with van der Waals surface area (Å²) in [6, 6.07) is 24.8. The summed E-state index contributed by atoms with van der Waals surface area (Å²) in [6.45, 7) is 0.648. The van der Waals surface area contributed by atoms with Crippen LogP contribution in [0.1, 0.15) is 17.0 Å². The van der Waals surface area contributed by atoms with Crippen LogP contribution in [0.5, 0.6) is 0 Å².